The summed E-state index contributed by atoms with van der Waals surface area (Å²) in [4.78, 5) is 22.6. The topological polar surface area (TPSA) is 78.4 Å². The van der Waals surface area contributed by atoms with Gasteiger partial charge in [0.05, 0.1) is 5.41 Å². The SMILES string of the molecule is CCC(C)(CNC(=O)Nc1ccccc1)C(=O)O. The van der Waals surface area contributed by atoms with Gasteiger partial charge in [0.2, 0.25) is 0 Å². The third-order valence-corrected chi connectivity index (χ3v) is 2.97. The molecule has 0 aliphatic rings. The van der Waals surface area contributed by atoms with Crippen LogP contribution < -0.4 is 10.6 Å². The van der Waals surface area contributed by atoms with E-state index in [4.69, 9.17) is 5.11 Å². The number of hydrogen-bond donors (Lipinski definition) is 3. The van der Waals surface area contributed by atoms with Crippen LogP contribution in [0.2, 0.25) is 0 Å². The van der Waals surface area contributed by atoms with Crippen LogP contribution in [0.1, 0.15) is 20.3 Å². The second-order valence-electron chi connectivity index (χ2n) is 4.39. The van der Waals surface area contributed by atoms with Gasteiger partial charge in [-0.05, 0) is 25.5 Å². The van der Waals surface area contributed by atoms with Gasteiger partial charge in [-0.25, -0.2) is 4.79 Å². The van der Waals surface area contributed by atoms with E-state index in [1.165, 1.54) is 0 Å². The number of hydrogen-bond acceptors (Lipinski definition) is 2. The summed E-state index contributed by atoms with van der Waals surface area (Å²) in [6.07, 6.45) is 0.452. The maximum Gasteiger partial charge on any atom is 0.319 e. The number of rotatable bonds is 5. The molecule has 1 atom stereocenters. The fraction of sp³-hybridized carbons (Fsp3) is 0.385. The lowest BCUT2D eigenvalue weighted by atomic mass is 9.88. The Bertz CT molecular complexity index is 420. The van der Waals surface area contributed by atoms with Crippen molar-refractivity contribution in [3.05, 3.63) is 30.3 Å². The molecule has 0 spiro atoms. The molecule has 1 aromatic carbocycles. The summed E-state index contributed by atoms with van der Waals surface area (Å²) in [7, 11) is 0. The predicted octanol–water partition coefficient (Wildman–Crippen LogP) is 2.31. The van der Waals surface area contributed by atoms with Gasteiger partial charge in [-0.1, -0.05) is 25.1 Å². The molecule has 0 saturated carbocycles. The van der Waals surface area contributed by atoms with Crippen LogP contribution in [-0.4, -0.2) is 23.7 Å². The second kappa shape index (κ2) is 6.05. The summed E-state index contributed by atoms with van der Waals surface area (Å²) in [5.74, 6) is -0.912. The van der Waals surface area contributed by atoms with Gasteiger partial charge in [-0.15, -0.1) is 0 Å². The summed E-state index contributed by atoms with van der Waals surface area (Å²) in [5, 5.41) is 14.3. The lowest BCUT2D eigenvalue weighted by Crippen LogP contribution is -2.42. The zero-order chi connectivity index (χ0) is 13.6. The molecule has 3 N–H and O–H groups in total. The number of aliphatic carboxylic acids is 1. The molecule has 0 aromatic heterocycles. The number of benzene rings is 1. The standard InChI is InChI=1S/C13H18N2O3/c1-3-13(2,11(16)17)9-14-12(18)15-10-7-5-4-6-8-10/h4-8H,3,9H2,1-2H3,(H,16,17)(H2,14,15,18). The van der Waals surface area contributed by atoms with Gasteiger partial charge >= 0.3 is 12.0 Å². The highest BCUT2D eigenvalue weighted by Crippen LogP contribution is 2.19. The minimum absolute atomic E-state index is 0.0947. The minimum Gasteiger partial charge on any atom is -0.481 e. The Labute approximate surface area is 106 Å². The lowest BCUT2D eigenvalue weighted by molar-refractivity contribution is -0.147. The smallest absolute Gasteiger partial charge is 0.319 e. The Morgan fingerprint density at radius 1 is 1.28 bits per heavy atom. The van der Waals surface area contributed by atoms with Crippen LogP contribution in [0.25, 0.3) is 0 Å². The van der Waals surface area contributed by atoms with E-state index in [9.17, 15) is 9.59 Å². The first-order chi connectivity index (χ1) is 8.48. The van der Waals surface area contributed by atoms with Crippen LogP contribution in [0, 0.1) is 5.41 Å². The molecule has 1 rings (SSSR count). The van der Waals surface area contributed by atoms with E-state index in [0.29, 0.717) is 12.1 Å². The number of carbonyl (C=O) groups is 2. The van der Waals surface area contributed by atoms with Crippen LogP contribution in [0.3, 0.4) is 0 Å². The van der Waals surface area contributed by atoms with E-state index in [1.807, 2.05) is 18.2 Å². The van der Waals surface area contributed by atoms with E-state index in [1.54, 1.807) is 26.0 Å². The zero-order valence-corrected chi connectivity index (χ0v) is 10.6. The Morgan fingerprint density at radius 3 is 2.39 bits per heavy atom. The average Bonchev–Trinajstić information content (AvgIpc) is 2.37. The fourth-order valence-corrected chi connectivity index (χ4v) is 1.32. The largest absolute Gasteiger partial charge is 0.481 e. The third-order valence-electron chi connectivity index (χ3n) is 2.97. The van der Waals surface area contributed by atoms with E-state index in [-0.39, 0.29) is 6.54 Å². The summed E-state index contributed by atoms with van der Waals surface area (Å²) in [5.41, 5.74) is -0.267. The van der Waals surface area contributed by atoms with Crippen LogP contribution in [0.5, 0.6) is 0 Å². The van der Waals surface area contributed by atoms with Gasteiger partial charge in [0.1, 0.15) is 0 Å². The van der Waals surface area contributed by atoms with Gasteiger partial charge < -0.3 is 15.7 Å². The monoisotopic (exact) mass is 250 g/mol. The van der Waals surface area contributed by atoms with Gasteiger partial charge in [0.25, 0.3) is 0 Å². The van der Waals surface area contributed by atoms with Crippen molar-refractivity contribution in [1.82, 2.24) is 5.32 Å². The van der Waals surface area contributed by atoms with Crippen molar-refractivity contribution >= 4 is 17.7 Å². The summed E-state index contributed by atoms with van der Waals surface area (Å²) in [6.45, 7) is 3.49. The molecule has 1 aromatic rings. The molecule has 5 heteroatoms. The second-order valence-corrected chi connectivity index (χ2v) is 4.39. The first kappa shape index (κ1) is 14.0. The van der Waals surface area contributed by atoms with Crippen molar-refractivity contribution in [2.45, 2.75) is 20.3 Å². The van der Waals surface area contributed by atoms with Gasteiger partial charge in [0, 0.05) is 12.2 Å². The van der Waals surface area contributed by atoms with Crippen molar-refractivity contribution in [1.29, 1.82) is 0 Å². The normalized spacial score (nSPS) is 13.4. The highest BCUT2D eigenvalue weighted by molar-refractivity contribution is 5.89. The molecule has 0 radical (unpaired) electrons. The molecule has 18 heavy (non-hydrogen) atoms. The molecule has 2 amide bonds. The molecule has 1 unspecified atom stereocenters. The quantitative estimate of drug-likeness (QED) is 0.750. The Balaban J connectivity index is 2.49. The summed E-state index contributed by atoms with van der Waals surface area (Å²) >= 11 is 0. The number of carbonyl (C=O) groups excluding carboxylic acids is 1. The average molecular weight is 250 g/mol. The van der Waals surface area contributed by atoms with E-state index in [2.05, 4.69) is 10.6 Å². The fourth-order valence-electron chi connectivity index (χ4n) is 1.32. The van der Waals surface area contributed by atoms with Crippen molar-refractivity contribution < 1.29 is 14.7 Å². The number of urea groups is 1. The van der Waals surface area contributed by atoms with Crippen molar-refractivity contribution in [3.63, 3.8) is 0 Å². The number of amides is 2. The summed E-state index contributed by atoms with van der Waals surface area (Å²) < 4.78 is 0. The highest BCUT2D eigenvalue weighted by atomic mass is 16.4. The Morgan fingerprint density at radius 2 is 1.89 bits per heavy atom. The molecule has 5 nitrogen and oxygen atoms in total. The van der Waals surface area contributed by atoms with Gasteiger partial charge in [0.15, 0.2) is 0 Å². The van der Waals surface area contributed by atoms with Gasteiger partial charge in [-0.3, -0.25) is 4.79 Å². The molecule has 0 aliphatic carbocycles. The van der Waals surface area contributed by atoms with Crippen molar-refractivity contribution in [2.24, 2.45) is 5.41 Å². The molecular weight excluding hydrogens is 232 g/mol. The maximum atomic E-state index is 11.6. The first-order valence-corrected chi connectivity index (χ1v) is 5.81. The third kappa shape index (κ3) is 3.76. The number of para-hydroxylation sites is 1. The molecule has 0 fully saturated rings. The Kier molecular flexibility index (Phi) is 4.71. The minimum atomic E-state index is -0.936. The summed E-state index contributed by atoms with van der Waals surface area (Å²) in [6, 6.07) is 8.58. The number of carboxylic acids is 1. The van der Waals surface area contributed by atoms with Crippen molar-refractivity contribution in [3.8, 4) is 0 Å². The maximum absolute atomic E-state index is 11.6. The molecule has 98 valence electrons. The lowest BCUT2D eigenvalue weighted by Gasteiger charge is -2.23. The van der Waals surface area contributed by atoms with E-state index >= 15 is 0 Å². The van der Waals surface area contributed by atoms with Gasteiger partial charge in [-0.2, -0.15) is 0 Å². The van der Waals surface area contributed by atoms with Crippen molar-refractivity contribution in [2.75, 3.05) is 11.9 Å². The highest BCUT2D eigenvalue weighted by Gasteiger charge is 2.31. The predicted molar refractivity (Wildman–Crippen MR) is 69.5 cm³/mol. The molecule has 0 aliphatic heterocycles. The Hall–Kier alpha value is -2.04. The van der Waals surface area contributed by atoms with E-state index in [0.717, 1.165) is 0 Å². The first-order valence-electron chi connectivity index (χ1n) is 5.81. The molecule has 0 bridgehead atoms. The molecular formula is C13H18N2O3. The number of anilines is 1. The zero-order valence-electron chi connectivity index (χ0n) is 10.6. The van der Waals surface area contributed by atoms with Crippen LogP contribution in [0.4, 0.5) is 10.5 Å². The molecule has 0 heterocycles. The van der Waals surface area contributed by atoms with Crippen LogP contribution in [-0.2, 0) is 4.79 Å². The van der Waals surface area contributed by atoms with Crippen LogP contribution in [0.15, 0.2) is 30.3 Å². The molecule has 0 saturated heterocycles. The van der Waals surface area contributed by atoms with Crippen LogP contribution >= 0.6 is 0 Å². The number of carboxylic acid groups (broad SMARTS) is 1. The number of nitrogens with one attached hydrogen (secondary N) is 2. The van der Waals surface area contributed by atoms with E-state index < -0.39 is 17.4 Å².